The van der Waals surface area contributed by atoms with E-state index in [0.29, 0.717) is 18.0 Å². The molecule has 1 aromatic carbocycles. The number of thiophene rings is 1. The highest BCUT2D eigenvalue weighted by Gasteiger charge is 2.15. The van der Waals surface area contributed by atoms with Crippen LogP contribution in [0.5, 0.6) is 11.5 Å². The van der Waals surface area contributed by atoms with Crippen molar-refractivity contribution in [2.45, 2.75) is 0 Å². The molecular weight excluding hydrogens is 344 g/mol. The molecule has 0 saturated carbocycles. The fraction of sp³-hybridized carbons (Fsp3) is 0.176. The summed E-state index contributed by atoms with van der Waals surface area (Å²) in [4.78, 5) is 18.0. The second-order valence-electron chi connectivity index (χ2n) is 5.21. The van der Waals surface area contributed by atoms with Gasteiger partial charge in [0.2, 0.25) is 0 Å². The van der Waals surface area contributed by atoms with Gasteiger partial charge in [0.15, 0.2) is 16.3 Å². The van der Waals surface area contributed by atoms with Gasteiger partial charge in [-0.25, -0.2) is 0 Å². The summed E-state index contributed by atoms with van der Waals surface area (Å²) in [6.45, 7) is 1.11. The van der Waals surface area contributed by atoms with E-state index in [0.717, 1.165) is 26.6 Å². The van der Waals surface area contributed by atoms with Gasteiger partial charge in [0.1, 0.15) is 13.2 Å². The van der Waals surface area contributed by atoms with Crippen molar-refractivity contribution >= 4 is 44.9 Å². The van der Waals surface area contributed by atoms with Crippen LogP contribution in [0.3, 0.4) is 0 Å². The maximum absolute atomic E-state index is 12.1. The Morgan fingerprint density at radius 2 is 2.08 bits per heavy atom. The molecule has 0 spiro atoms. The lowest BCUT2D eigenvalue weighted by atomic mass is 10.3. The van der Waals surface area contributed by atoms with Crippen molar-refractivity contribution in [3.05, 3.63) is 45.4 Å². The van der Waals surface area contributed by atoms with Gasteiger partial charge in [-0.15, -0.1) is 11.3 Å². The van der Waals surface area contributed by atoms with E-state index in [1.807, 2.05) is 41.3 Å². The summed E-state index contributed by atoms with van der Waals surface area (Å²) in [6, 6.07) is 7.78. The third-order valence-corrected chi connectivity index (χ3v) is 5.54. The normalized spacial score (nSPS) is 14.6. The van der Waals surface area contributed by atoms with Crippen molar-refractivity contribution in [2.24, 2.45) is 12.0 Å². The smallest absolute Gasteiger partial charge is 0.272 e. The van der Waals surface area contributed by atoms with Crippen molar-refractivity contribution in [3.8, 4) is 11.5 Å². The van der Waals surface area contributed by atoms with Gasteiger partial charge in [0, 0.05) is 30.1 Å². The van der Waals surface area contributed by atoms with Gasteiger partial charge in [-0.1, -0.05) is 17.4 Å². The van der Waals surface area contributed by atoms with Crippen molar-refractivity contribution in [3.63, 3.8) is 0 Å². The van der Waals surface area contributed by atoms with Gasteiger partial charge in [-0.3, -0.25) is 4.79 Å². The molecule has 7 heteroatoms. The van der Waals surface area contributed by atoms with Gasteiger partial charge in [-0.2, -0.15) is 4.99 Å². The molecule has 1 amide bonds. The zero-order chi connectivity index (χ0) is 16.5. The molecule has 122 valence electrons. The summed E-state index contributed by atoms with van der Waals surface area (Å²) in [5.74, 6) is 1.20. The van der Waals surface area contributed by atoms with Gasteiger partial charge in [0.25, 0.3) is 5.91 Å². The average Bonchev–Trinajstić information content (AvgIpc) is 3.20. The van der Waals surface area contributed by atoms with Crippen LogP contribution >= 0.6 is 22.7 Å². The number of fused-ring (bicyclic) bond motifs is 2. The molecule has 0 bridgehead atoms. The highest BCUT2D eigenvalue weighted by molar-refractivity contribution is 7.16. The van der Waals surface area contributed by atoms with Crippen LogP contribution in [0, 0.1) is 0 Å². The van der Waals surface area contributed by atoms with Crippen molar-refractivity contribution < 1.29 is 14.3 Å². The largest absolute Gasteiger partial charge is 0.486 e. The predicted octanol–water partition coefficient (Wildman–Crippen LogP) is 3.21. The summed E-state index contributed by atoms with van der Waals surface area (Å²) in [7, 11) is 1.89. The van der Waals surface area contributed by atoms with Crippen molar-refractivity contribution in [2.75, 3.05) is 13.2 Å². The van der Waals surface area contributed by atoms with E-state index < -0.39 is 0 Å². The fourth-order valence-corrected chi connectivity index (χ4v) is 4.09. The van der Waals surface area contributed by atoms with E-state index in [-0.39, 0.29) is 5.91 Å². The fourth-order valence-electron chi connectivity index (χ4n) is 2.44. The average molecular weight is 358 g/mol. The number of amides is 1. The molecule has 0 N–H and O–H groups in total. The summed E-state index contributed by atoms with van der Waals surface area (Å²) in [5, 5.41) is 1.97. The lowest BCUT2D eigenvalue weighted by molar-refractivity contribution is -0.113. The topological polar surface area (TPSA) is 52.8 Å². The third kappa shape index (κ3) is 2.88. The Morgan fingerprint density at radius 3 is 2.83 bits per heavy atom. The van der Waals surface area contributed by atoms with Crippen LogP contribution in [-0.4, -0.2) is 23.7 Å². The Morgan fingerprint density at radius 1 is 1.29 bits per heavy atom. The number of hydrogen-bond acceptors (Lipinski definition) is 5. The Bertz CT molecular complexity index is 997. The molecule has 24 heavy (non-hydrogen) atoms. The van der Waals surface area contributed by atoms with E-state index in [9.17, 15) is 4.79 Å². The maximum Gasteiger partial charge on any atom is 0.272 e. The Hall–Kier alpha value is -2.38. The molecule has 5 nitrogen and oxygen atoms in total. The summed E-state index contributed by atoms with van der Waals surface area (Å²) in [5.41, 5.74) is 0.970. The van der Waals surface area contributed by atoms with Gasteiger partial charge in [-0.05, 0) is 17.5 Å². The first-order valence-electron chi connectivity index (χ1n) is 7.40. The highest BCUT2D eigenvalue weighted by atomic mass is 32.1. The molecule has 0 unspecified atom stereocenters. The summed E-state index contributed by atoms with van der Waals surface area (Å²) in [6.07, 6.45) is 3.28. The first-order valence-corrected chi connectivity index (χ1v) is 9.10. The lowest BCUT2D eigenvalue weighted by Gasteiger charge is -2.18. The molecule has 0 atom stereocenters. The number of carbonyl (C=O) groups is 1. The monoisotopic (exact) mass is 358 g/mol. The number of hydrogen-bond donors (Lipinski definition) is 0. The molecule has 4 rings (SSSR count). The standard InChI is InChI=1S/C17H14N2O3S2/c1-19-12-9-13-14(22-7-6-21-13)10-15(12)24-17(19)18-16(20)5-4-11-3-2-8-23-11/h2-5,8-10H,6-7H2,1H3/b5-4+,18-17?. The second kappa shape index (κ2) is 6.26. The summed E-state index contributed by atoms with van der Waals surface area (Å²) < 4.78 is 14.1. The first kappa shape index (κ1) is 15.2. The first-order chi connectivity index (χ1) is 11.7. The van der Waals surface area contributed by atoms with Crippen LogP contribution < -0.4 is 14.3 Å². The molecule has 3 aromatic rings. The van der Waals surface area contributed by atoms with Crippen LogP contribution in [0.4, 0.5) is 0 Å². The van der Waals surface area contributed by atoms with Crippen LogP contribution in [0.15, 0.2) is 40.7 Å². The van der Waals surface area contributed by atoms with E-state index in [1.165, 1.54) is 17.4 Å². The third-order valence-electron chi connectivity index (χ3n) is 3.61. The van der Waals surface area contributed by atoms with Gasteiger partial charge >= 0.3 is 0 Å². The Kier molecular flexibility index (Phi) is 3.95. The molecule has 1 aliphatic heterocycles. The quantitative estimate of drug-likeness (QED) is 0.661. The molecule has 3 heterocycles. The predicted molar refractivity (Wildman–Crippen MR) is 95.7 cm³/mol. The van der Waals surface area contributed by atoms with E-state index in [4.69, 9.17) is 9.47 Å². The van der Waals surface area contributed by atoms with Crippen molar-refractivity contribution in [1.29, 1.82) is 0 Å². The second-order valence-corrected chi connectivity index (χ2v) is 7.19. The summed E-state index contributed by atoms with van der Waals surface area (Å²) >= 11 is 3.04. The number of thiazole rings is 1. The van der Waals surface area contributed by atoms with E-state index >= 15 is 0 Å². The van der Waals surface area contributed by atoms with Gasteiger partial charge in [0.05, 0.1) is 10.2 Å². The van der Waals surface area contributed by atoms with Gasteiger partial charge < -0.3 is 14.0 Å². The number of nitrogens with zero attached hydrogens (tertiary/aromatic N) is 2. The molecule has 0 radical (unpaired) electrons. The Balaban J connectivity index is 1.71. The number of rotatable bonds is 2. The molecule has 0 saturated heterocycles. The molecule has 0 aliphatic carbocycles. The van der Waals surface area contributed by atoms with Crippen LogP contribution in [-0.2, 0) is 11.8 Å². The number of aryl methyl sites for hydroxylation is 1. The minimum Gasteiger partial charge on any atom is -0.486 e. The zero-order valence-electron chi connectivity index (χ0n) is 12.9. The minimum absolute atomic E-state index is 0.275. The number of ether oxygens (including phenoxy) is 2. The van der Waals surface area contributed by atoms with E-state index in [1.54, 1.807) is 17.4 Å². The molecule has 2 aromatic heterocycles. The number of carbonyl (C=O) groups excluding carboxylic acids is 1. The molecular formula is C17H14N2O3S2. The zero-order valence-corrected chi connectivity index (χ0v) is 14.5. The Labute approximate surface area is 146 Å². The van der Waals surface area contributed by atoms with Crippen LogP contribution in [0.25, 0.3) is 16.3 Å². The van der Waals surface area contributed by atoms with Crippen LogP contribution in [0.2, 0.25) is 0 Å². The molecule has 0 fully saturated rings. The maximum atomic E-state index is 12.1. The minimum atomic E-state index is -0.275. The SMILES string of the molecule is Cn1c(=NC(=O)/C=C/c2cccs2)sc2cc3c(cc21)OCCO3. The number of aromatic nitrogens is 1. The lowest BCUT2D eigenvalue weighted by Crippen LogP contribution is -2.15. The van der Waals surface area contributed by atoms with Crippen molar-refractivity contribution in [1.82, 2.24) is 4.57 Å². The number of benzene rings is 1. The molecule has 1 aliphatic rings. The van der Waals surface area contributed by atoms with Crippen LogP contribution in [0.1, 0.15) is 4.88 Å². The highest BCUT2D eigenvalue weighted by Crippen LogP contribution is 2.35. The van der Waals surface area contributed by atoms with E-state index in [2.05, 4.69) is 4.99 Å².